The molecule has 1 amide bonds. The number of carbonyl (C=O) groups excluding carboxylic acids is 1. The molecule has 0 radical (unpaired) electrons. The SMILES string of the molecule is CCN(CC)S(=O)(=O)c1cccc(-c2nnc(SCC(=O)Nc3ccc(C)cc3)n2N)c1. The van der Waals surface area contributed by atoms with E-state index in [2.05, 4.69) is 15.5 Å². The van der Waals surface area contributed by atoms with Gasteiger partial charge < -0.3 is 11.2 Å². The van der Waals surface area contributed by atoms with Crippen molar-refractivity contribution in [3.05, 3.63) is 54.1 Å². The molecule has 0 aliphatic carbocycles. The van der Waals surface area contributed by atoms with Gasteiger partial charge >= 0.3 is 0 Å². The Morgan fingerprint density at radius 1 is 1.12 bits per heavy atom. The van der Waals surface area contributed by atoms with Crippen LogP contribution in [0.5, 0.6) is 0 Å². The fourth-order valence-corrected chi connectivity index (χ4v) is 5.21. The third-order valence-corrected chi connectivity index (χ3v) is 7.76. The van der Waals surface area contributed by atoms with E-state index >= 15 is 0 Å². The quantitative estimate of drug-likeness (QED) is 0.361. The smallest absolute Gasteiger partial charge is 0.243 e. The third-order valence-electron chi connectivity index (χ3n) is 4.77. The summed E-state index contributed by atoms with van der Waals surface area (Å²) in [7, 11) is -3.61. The van der Waals surface area contributed by atoms with Crippen molar-refractivity contribution in [1.29, 1.82) is 0 Å². The molecule has 0 bridgehead atoms. The van der Waals surface area contributed by atoms with Crippen LogP contribution in [0.1, 0.15) is 19.4 Å². The number of rotatable bonds is 9. The molecular weight excluding hydrogens is 448 g/mol. The standard InChI is InChI=1S/C21H26N6O3S2/c1-4-26(5-2)32(29,30)18-8-6-7-16(13-18)20-24-25-21(27(20)22)31-14-19(28)23-17-11-9-15(3)10-12-17/h6-13H,4-5,14,22H2,1-3H3,(H,23,28). The van der Waals surface area contributed by atoms with Crippen LogP contribution in [0.4, 0.5) is 5.69 Å². The van der Waals surface area contributed by atoms with Gasteiger partial charge in [0, 0.05) is 24.3 Å². The predicted molar refractivity (Wildman–Crippen MR) is 126 cm³/mol. The van der Waals surface area contributed by atoms with Crippen molar-refractivity contribution >= 4 is 33.4 Å². The Labute approximate surface area is 192 Å². The number of thioether (sulfide) groups is 1. The van der Waals surface area contributed by atoms with E-state index in [-0.39, 0.29) is 16.6 Å². The number of nitrogen functional groups attached to an aromatic ring is 1. The number of anilines is 1. The van der Waals surface area contributed by atoms with Gasteiger partial charge in [-0.1, -0.05) is 55.4 Å². The molecule has 0 fully saturated rings. The molecule has 0 spiro atoms. The largest absolute Gasteiger partial charge is 0.335 e. The van der Waals surface area contributed by atoms with Crippen LogP contribution in [0, 0.1) is 6.92 Å². The number of sulfonamides is 1. The van der Waals surface area contributed by atoms with E-state index in [4.69, 9.17) is 5.84 Å². The van der Waals surface area contributed by atoms with Gasteiger partial charge in [-0.25, -0.2) is 13.1 Å². The van der Waals surface area contributed by atoms with Crippen LogP contribution in [-0.2, 0) is 14.8 Å². The van der Waals surface area contributed by atoms with Gasteiger partial charge in [-0.15, -0.1) is 10.2 Å². The number of nitrogens with two attached hydrogens (primary N) is 1. The van der Waals surface area contributed by atoms with Gasteiger partial charge in [-0.3, -0.25) is 4.79 Å². The van der Waals surface area contributed by atoms with Crippen LogP contribution in [-0.4, -0.2) is 52.3 Å². The van der Waals surface area contributed by atoms with Crippen LogP contribution in [0.25, 0.3) is 11.4 Å². The number of benzene rings is 2. The number of amides is 1. The van der Waals surface area contributed by atoms with E-state index in [9.17, 15) is 13.2 Å². The molecule has 3 aromatic rings. The maximum Gasteiger partial charge on any atom is 0.243 e. The first-order chi connectivity index (χ1) is 15.3. The first kappa shape index (κ1) is 23.8. The number of aromatic nitrogens is 3. The fourth-order valence-electron chi connectivity index (χ4n) is 3.04. The number of nitrogens with zero attached hydrogens (tertiary/aromatic N) is 4. The van der Waals surface area contributed by atoms with Gasteiger partial charge in [-0.2, -0.15) is 4.31 Å². The molecule has 3 N–H and O–H groups in total. The van der Waals surface area contributed by atoms with Crippen molar-refractivity contribution in [1.82, 2.24) is 19.2 Å². The highest BCUT2D eigenvalue weighted by Crippen LogP contribution is 2.25. The van der Waals surface area contributed by atoms with Crippen LogP contribution in [0.3, 0.4) is 0 Å². The number of hydrogen-bond donors (Lipinski definition) is 2. The highest BCUT2D eigenvalue weighted by atomic mass is 32.2. The lowest BCUT2D eigenvalue weighted by atomic mass is 10.2. The predicted octanol–water partition coefficient (Wildman–Crippen LogP) is 2.73. The van der Waals surface area contributed by atoms with Gasteiger partial charge in [0.2, 0.25) is 21.1 Å². The van der Waals surface area contributed by atoms with Crippen molar-refractivity contribution in [2.24, 2.45) is 0 Å². The highest BCUT2D eigenvalue weighted by molar-refractivity contribution is 7.99. The zero-order chi connectivity index (χ0) is 23.3. The Morgan fingerprint density at radius 2 is 1.81 bits per heavy atom. The third kappa shape index (κ3) is 5.29. The monoisotopic (exact) mass is 474 g/mol. The summed E-state index contributed by atoms with van der Waals surface area (Å²) in [5.41, 5.74) is 2.33. The first-order valence-electron chi connectivity index (χ1n) is 10.1. The molecule has 0 saturated carbocycles. The molecule has 0 unspecified atom stereocenters. The summed E-state index contributed by atoms with van der Waals surface area (Å²) in [5, 5.41) is 11.3. The topological polar surface area (TPSA) is 123 Å². The summed E-state index contributed by atoms with van der Waals surface area (Å²) in [6, 6.07) is 13.9. The zero-order valence-corrected chi connectivity index (χ0v) is 19.8. The Morgan fingerprint density at radius 3 is 2.47 bits per heavy atom. The van der Waals surface area contributed by atoms with Crippen molar-refractivity contribution < 1.29 is 13.2 Å². The second kappa shape index (κ2) is 10.2. The second-order valence-electron chi connectivity index (χ2n) is 7.00. The number of nitrogens with one attached hydrogen (secondary N) is 1. The fraction of sp³-hybridized carbons (Fsp3) is 0.286. The minimum atomic E-state index is -3.61. The average molecular weight is 475 g/mol. The van der Waals surface area contributed by atoms with Crippen LogP contribution < -0.4 is 11.2 Å². The lowest BCUT2D eigenvalue weighted by molar-refractivity contribution is -0.113. The van der Waals surface area contributed by atoms with E-state index in [0.717, 1.165) is 17.3 Å². The molecule has 0 saturated heterocycles. The van der Waals surface area contributed by atoms with E-state index in [1.807, 2.05) is 31.2 Å². The van der Waals surface area contributed by atoms with Gasteiger partial charge in [0.1, 0.15) is 0 Å². The molecule has 1 aromatic heterocycles. The van der Waals surface area contributed by atoms with Crippen molar-refractivity contribution in [2.75, 3.05) is 30.0 Å². The molecule has 1 heterocycles. The summed E-state index contributed by atoms with van der Waals surface area (Å²) in [6.07, 6.45) is 0. The summed E-state index contributed by atoms with van der Waals surface area (Å²) < 4.78 is 28.3. The molecule has 9 nitrogen and oxygen atoms in total. The maximum absolute atomic E-state index is 12.8. The Kier molecular flexibility index (Phi) is 7.54. The summed E-state index contributed by atoms with van der Waals surface area (Å²) >= 11 is 1.14. The first-order valence-corrected chi connectivity index (χ1v) is 12.5. The van der Waals surface area contributed by atoms with Gasteiger partial charge in [0.25, 0.3) is 0 Å². The Balaban J connectivity index is 1.73. The van der Waals surface area contributed by atoms with E-state index in [0.29, 0.717) is 35.3 Å². The molecule has 11 heteroatoms. The van der Waals surface area contributed by atoms with Crippen LogP contribution in [0.15, 0.2) is 58.6 Å². The van der Waals surface area contributed by atoms with E-state index < -0.39 is 10.0 Å². The van der Waals surface area contributed by atoms with Gasteiger partial charge in [-0.05, 0) is 31.2 Å². The van der Waals surface area contributed by atoms with Crippen LogP contribution >= 0.6 is 11.8 Å². The molecule has 3 rings (SSSR count). The molecule has 0 aliphatic rings. The molecular formula is C21H26N6O3S2. The van der Waals surface area contributed by atoms with Crippen LogP contribution in [0.2, 0.25) is 0 Å². The summed E-state index contributed by atoms with van der Waals surface area (Å²) in [5.74, 6) is 6.35. The van der Waals surface area contributed by atoms with Crippen molar-refractivity contribution in [3.63, 3.8) is 0 Å². The van der Waals surface area contributed by atoms with E-state index in [1.54, 1.807) is 32.0 Å². The molecule has 32 heavy (non-hydrogen) atoms. The zero-order valence-electron chi connectivity index (χ0n) is 18.1. The average Bonchev–Trinajstić information content (AvgIpc) is 3.15. The van der Waals surface area contributed by atoms with Crippen molar-refractivity contribution in [3.8, 4) is 11.4 Å². The number of hydrogen-bond acceptors (Lipinski definition) is 7. The Bertz CT molecular complexity index is 1190. The maximum atomic E-state index is 12.8. The minimum Gasteiger partial charge on any atom is -0.335 e. The minimum absolute atomic E-state index is 0.0968. The molecule has 2 aromatic carbocycles. The molecule has 0 aliphatic heterocycles. The number of carbonyl (C=O) groups is 1. The van der Waals surface area contributed by atoms with Crippen molar-refractivity contribution in [2.45, 2.75) is 30.8 Å². The summed E-state index contributed by atoms with van der Waals surface area (Å²) in [6.45, 7) is 6.31. The molecule has 0 atom stereocenters. The molecule has 170 valence electrons. The lowest BCUT2D eigenvalue weighted by Gasteiger charge is -2.18. The van der Waals surface area contributed by atoms with Gasteiger partial charge in [0.05, 0.1) is 10.6 Å². The van der Waals surface area contributed by atoms with E-state index in [1.165, 1.54) is 15.0 Å². The Hall–Kier alpha value is -2.89. The van der Waals surface area contributed by atoms with Gasteiger partial charge in [0.15, 0.2) is 5.82 Å². The highest BCUT2D eigenvalue weighted by Gasteiger charge is 2.23. The lowest BCUT2D eigenvalue weighted by Crippen LogP contribution is -2.30. The normalized spacial score (nSPS) is 11.6. The summed E-state index contributed by atoms with van der Waals surface area (Å²) in [4.78, 5) is 12.4. The number of aryl methyl sites for hydroxylation is 1. The second-order valence-corrected chi connectivity index (χ2v) is 9.88.